The van der Waals surface area contributed by atoms with Crippen molar-refractivity contribution >= 4 is 32.6 Å². The molecule has 1 aromatic heterocycles. The standard InChI is InChI=1S/C14H29N4O6P2/c1-6-11-15-12-16-13(25(19,21-7-2)22-8-3)18-14(17-12)26(20,23-9-4)24-10-5/h19H,6-11H2,1-5H3,(H,15,16,17,18)/q+1. The van der Waals surface area contributed by atoms with Crippen molar-refractivity contribution in [2.75, 3.05) is 38.3 Å². The number of nitrogens with zero attached hydrogens (tertiary/aromatic N) is 3. The molecule has 0 saturated heterocycles. The summed E-state index contributed by atoms with van der Waals surface area (Å²) in [4.78, 5) is 23.3. The molecule has 0 aromatic carbocycles. The second-order valence-electron chi connectivity index (χ2n) is 4.87. The first-order chi connectivity index (χ1) is 12.4. The van der Waals surface area contributed by atoms with E-state index in [4.69, 9.17) is 18.1 Å². The summed E-state index contributed by atoms with van der Waals surface area (Å²) < 4.78 is 34.5. The molecule has 12 heteroatoms. The van der Waals surface area contributed by atoms with Gasteiger partial charge in [-0.1, -0.05) is 6.92 Å². The van der Waals surface area contributed by atoms with Crippen molar-refractivity contribution in [1.29, 1.82) is 0 Å². The maximum Gasteiger partial charge on any atom is 0.487 e. The van der Waals surface area contributed by atoms with E-state index in [1.54, 1.807) is 27.7 Å². The van der Waals surface area contributed by atoms with Gasteiger partial charge in [-0.3, -0.25) is 4.57 Å². The van der Waals surface area contributed by atoms with Crippen LogP contribution in [0.15, 0.2) is 0 Å². The number of aromatic nitrogens is 3. The average Bonchev–Trinajstić information content (AvgIpc) is 2.60. The van der Waals surface area contributed by atoms with Crippen molar-refractivity contribution in [3.63, 3.8) is 0 Å². The predicted octanol–water partition coefficient (Wildman–Crippen LogP) is 2.04. The van der Waals surface area contributed by atoms with Gasteiger partial charge in [0, 0.05) is 6.54 Å². The molecule has 0 fully saturated rings. The number of rotatable bonds is 13. The van der Waals surface area contributed by atoms with Gasteiger partial charge in [0.15, 0.2) is 0 Å². The molecule has 26 heavy (non-hydrogen) atoms. The highest BCUT2D eigenvalue weighted by molar-refractivity contribution is 7.68. The quantitative estimate of drug-likeness (QED) is 0.466. The Labute approximate surface area is 155 Å². The number of nitrogens with one attached hydrogen (secondary N) is 1. The summed E-state index contributed by atoms with van der Waals surface area (Å²) in [6.07, 6.45) is 0.821. The first-order valence-electron chi connectivity index (χ1n) is 8.70. The Kier molecular flexibility index (Phi) is 10.0. The van der Waals surface area contributed by atoms with Crippen LogP contribution >= 0.6 is 15.5 Å². The zero-order valence-corrected chi connectivity index (χ0v) is 17.8. The average molecular weight is 411 g/mol. The van der Waals surface area contributed by atoms with Crippen LogP contribution in [0.4, 0.5) is 5.95 Å². The molecule has 0 unspecified atom stereocenters. The second kappa shape index (κ2) is 11.2. The summed E-state index contributed by atoms with van der Waals surface area (Å²) in [5.74, 6) is 0.143. The van der Waals surface area contributed by atoms with Crippen LogP contribution in [0.5, 0.6) is 0 Å². The molecule has 1 aromatic rings. The lowest BCUT2D eigenvalue weighted by Crippen LogP contribution is -2.33. The van der Waals surface area contributed by atoms with Crippen molar-refractivity contribution in [3.8, 4) is 0 Å². The van der Waals surface area contributed by atoms with Crippen molar-refractivity contribution < 1.29 is 27.6 Å². The molecule has 0 saturated carbocycles. The Hall–Kier alpha value is -0.730. The lowest BCUT2D eigenvalue weighted by atomic mass is 10.5. The minimum absolute atomic E-state index is 0.121. The minimum atomic E-state index is -3.77. The molecule has 0 atom stereocenters. The minimum Gasteiger partial charge on any atom is -0.354 e. The summed E-state index contributed by atoms with van der Waals surface area (Å²) in [5.41, 5.74) is -0.313. The van der Waals surface area contributed by atoms with E-state index >= 15 is 0 Å². The highest BCUT2D eigenvalue weighted by Gasteiger charge is 2.50. The maximum absolute atomic E-state index is 13.1. The van der Waals surface area contributed by atoms with Gasteiger partial charge in [-0.2, -0.15) is 28.9 Å². The molecule has 0 aliphatic heterocycles. The molecule has 1 heterocycles. The zero-order valence-electron chi connectivity index (χ0n) is 16.0. The van der Waals surface area contributed by atoms with E-state index in [0.29, 0.717) is 6.54 Å². The Morgan fingerprint density at radius 3 is 2.00 bits per heavy atom. The SMILES string of the molecule is CCCNc1nc(P(=O)(OCC)OCC)nc([P+](O)(OCC)OCC)n1. The molecule has 0 bridgehead atoms. The van der Waals surface area contributed by atoms with Gasteiger partial charge in [0.05, 0.1) is 26.4 Å². The van der Waals surface area contributed by atoms with E-state index in [0.717, 1.165) is 6.42 Å². The molecular formula is C14H29N4O6P2+. The van der Waals surface area contributed by atoms with E-state index in [1.165, 1.54) is 0 Å². The van der Waals surface area contributed by atoms with Crippen LogP contribution in [-0.4, -0.2) is 52.8 Å². The third-order valence-electron chi connectivity index (χ3n) is 2.85. The molecule has 0 aliphatic carbocycles. The molecule has 0 radical (unpaired) electrons. The lowest BCUT2D eigenvalue weighted by Gasteiger charge is -2.18. The Bertz CT molecular complexity index is 591. The van der Waals surface area contributed by atoms with Crippen LogP contribution in [0, 0.1) is 0 Å². The van der Waals surface area contributed by atoms with Crippen molar-refractivity contribution in [3.05, 3.63) is 0 Å². The first-order valence-corrected chi connectivity index (χ1v) is 11.8. The molecule has 10 nitrogen and oxygen atoms in total. The van der Waals surface area contributed by atoms with E-state index in [-0.39, 0.29) is 43.5 Å². The van der Waals surface area contributed by atoms with Gasteiger partial charge in [-0.15, -0.1) is 0 Å². The molecular weight excluding hydrogens is 382 g/mol. The third kappa shape index (κ3) is 6.16. The summed E-state index contributed by atoms with van der Waals surface area (Å²) in [7, 11) is -7.32. The Morgan fingerprint density at radius 1 is 0.962 bits per heavy atom. The predicted molar refractivity (Wildman–Crippen MR) is 101 cm³/mol. The van der Waals surface area contributed by atoms with Crippen LogP contribution in [0.3, 0.4) is 0 Å². The van der Waals surface area contributed by atoms with E-state index in [2.05, 4.69) is 20.3 Å². The summed E-state index contributed by atoms with van der Waals surface area (Å²) >= 11 is 0. The summed E-state index contributed by atoms with van der Waals surface area (Å²) in [6.45, 7) is 10.0. The molecule has 0 amide bonds. The van der Waals surface area contributed by atoms with Crippen molar-refractivity contribution in [1.82, 2.24) is 15.0 Å². The second-order valence-corrected chi connectivity index (χ2v) is 8.74. The van der Waals surface area contributed by atoms with Crippen LogP contribution < -0.4 is 16.4 Å². The Balaban J connectivity index is 3.48. The van der Waals surface area contributed by atoms with Crippen LogP contribution in [0.25, 0.3) is 0 Å². The van der Waals surface area contributed by atoms with E-state index in [9.17, 15) is 9.46 Å². The van der Waals surface area contributed by atoms with Gasteiger partial charge in [-0.25, -0.2) is 0 Å². The fourth-order valence-electron chi connectivity index (χ4n) is 1.91. The smallest absolute Gasteiger partial charge is 0.354 e. The van der Waals surface area contributed by atoms with Gasteiger partial charge < -0.3 is 14.4 Å². The third-order valence-corrected chi connectivity index (χ3v) is 6.66. The largest absolute Gasteiger partial charge is 0.487 e. The maximum atomic E-state index is 13.1. The lowest BCUT2D eigenvalue weighted by molar-refractivity contribution is 0.199. The summed E-state index contributed by atoms with van der Waals surface area (Å²) in [5, 5.41) is 2.99. The highest BCUT2D eigenvalue weighted by atomic mass is 31.2. The topological polar surface area (TPSA) is 125 Å². The van der Waals surface area contributed by atoms with Crippen LogP contribution in [0.1, 0.15) is 41.0 Å². The van der Waals surface area contributed by atoms with Crippen LogP contribution in [-0.2, 0) is 22.7 Å². The summed E-state index contributed by atoms with van der Waals surface area (Å²) in [6, 6.07) is 0. The molecule has 2 N–H and O–H groups in total. The molecule has 0 aliphatic rings. The van der Waals surface area contributed by atoms with Gasteiger partial charge >= 0.3 is 21.1 Å². The molecule has 150 valence electrons. The normalized spacial score (nSPS) is 12.4. The first kappa shape index (κ1) is 23.3. The van der Waals surface area contributed by atoms with Crippen molar-refractivity contribution in [2.45, 2.75) is 41.0 Å². The molecule has 1 rings (SSSR count). The number of hydrogen-bond donors (Lipinski definition) is 2. The fourth-order valence-corrected chi connectivity index (χ4v) is 4.86. The van der Waals surface area contributed by atoms with Gasteiger partial charge in [0.1, 0.15) is 0 Å². The fraction of sp³-hybridized carbons (Fsp3) is 0.786. The van der Waals surface area contributed by atoms with Gasteiger partial charge in [0.2, 0.25) is 5.95 Å². The number of anilines is 1. The van der Waals surface area contributed by atoms with E-state index in [1.807, 2.05) is 6.92 Å². The highest BCUT2D eigenvalue weighted by Crippen LogP contribution is 2.55. The van der Waals surface area contributed by atoms with Gasteiger partial charge in [-0.05, 0) is 34.1 Å². The Morgan fingerprint density at radius 2 is 1.54 bits per heavy atom. The monoisotopic (exact) mass is 411 g/mol. The number of hydrogen-bond acceptors (Lipinski definition) is 10. The van der Waals surface area contributed by atoms with Crippen molar-refractivity contribution in [2.24, 2.45) is 0 Å². The molecule has 0 spiro atoms. The van der Waals surface area contributed by atoms with Gasteiger partial charge in [0.25, 0.3) is 5.57 Å². The van der Waals surface area contributed by atoms with E-state index < -0.39 is 15.5 Å². The van der Waals surface area contributed by atoms with Crippen LogP contribution in [0.2, 0.25) is 0 Å². The zero-order chi connectivity index (χ0) is 19.6.